The van der Waals surface area contributed by atoms with Gasteiger partial charge in [0.05, 0.1) is 12.8 Å². The van der Waals surface area contributed by atoms with Gasteiger partial charge in [-0.25, -0.2) is 8.42 Å². The predicted molar refractivity (Wildman–Crippen MR) is 79.2 cm³/mol. The molecule has 0 saturated carbocycles. The Kier molecular flexibility index (Phi) is 4.25. The van der Waals surface area contributed by atoms with Crippen molar-refractivity contribution in [3.05, 3.63) is 18.2 Å². The lowest BCUT2D eigenvalue weighted by Crippen LogP contribution is -2.38. The number of hydrogen-bond donors (Lipinski definition) is 1. The zero-order valence-corrected chi connectivity index (χ0v) is 13.0. The van der Waals surface area contributed by atoms with Crippen molar-refractivity contribution in [2.45, 2.75) is 37.6 Å². The maximum absolute atomic E-state index is 12.8. The van der Waals surface area contributed by atoms with Gasteiger partial charge in [-0.2, -0.15) is 4.31 Å². The minimum Gasteiger partial charge on any atom is -0.497 e. The second-order valence-corrected chi connectivity index (χ2v) is 7.33. The second kappa shape index (κ2) is 5.61. The zero-order chi connectivity index (χ0) is 14.9. The Morgan fingerprint density at radius 3 is 2.65 bits per heavy atom. The first-order valence-electron chi connectivity index (χ1n) is 6.83. The third-order valence-corrected chi connectivity index (χ3v) is 5.82. The van der Waals surface area contributed by atoms with Gasteiger partial charge in [0.1, 0.15) is 10.6 Å². The Morgan fingerprint density at radius 1 is 1.40 bits per heavy atom. The summed E-state index contributed by atoms with van der Waals surface area (Å²) < 4.78 is 32.2. The number of nitrogen functional groups attached to an aromatic ring is 1. The van der Waals surface area contributed by atoms with Crippen LogP contribution < -0.4 is 10.5 Å². The van der Waals surface area contributed by atoms with Crippen LogP contribution >= 0.6 is 0 Å². The molecule has 0 spiro atoms. The van der Waals surface area contributed by atoms with E-state index in [9.17, 15) is 8.42 Å². The van der Waals surface area contributed by atoms with Gasteiger partial charge in [-0.05, 0) is 30.9 Å². The lowest BCUT2D eigenvalue weighted by Gasteiger charge is -2.27. The van der Waals surface area contributed by atoms with Crippen LogP contribution in [0.2, 0.25) is 0 Å². The van der Waals surface area contributed by atoms with E-state index in [-0.39, 0.29) is 16.6 Å². The Balaban J connectivity index is 2.40. The molecule has 0 bridgehead atoms. The smallest absolute Gasteiger partial charge is 0.245 e. The van der Waals surface area contributed by atoms with Crippen molar-refractivity contribution >= 4 is 15.7 Å². The van der Waals surface area contributed by atoms with Gasteiger partial charge < -0.3 is 10.5 Å². The number of benzene rings is 1. The van der Waals surface area contributed by atoms with Crippen LogP contribution in [0.3, 0.4) is 0 Å². The van der Waals surface area contributed by atoms with Gasteiger partial charge in [0.15, 0.2) is 0 Å². The molecule has 0 radical (unpaired) electrons. The summed E-state index contributed by atoms with van der Waals surface area (Å²) in [6.45, 7) is 4.67. The Morgan fingerprint density at radius 2 is 2.10 bits per heavy atom. The van der Waals surface area contributed by atoms with E-state index < -0.39 is 10.0 Å². The average molecular weight is 298 g/mol. The van der Waals surface area contributed by atoms with E-state index in [1.54, 1.807) is 16.4 Å². The molecule has 5 nitrogen and oxygen atoms in total. The number of rotatable bonds is 4. The standard InChI is InChI=1S/C14H22N2O3S/c1-10(2)13-5-4-8-16(13)20(17,18)14-7-6-11(19-3)9-12(14)15/h6-7,9-10,13H,4-5,8,15H2,1-3H3. The number of nitrogens with zero attached hydrogens (tertiary/aromatic N) is 1. The van der Waals surface area contributed by atoms with Gasteiger partial charge in [-0.3, -0.25) is 0 Å². The van der Waals surface area contributed by atoms with E-state index in [0.29, 0.717) is 18.2 Å². The predicted octanol–water partition coefficient (Wildman–Crippen LogP) is 2.09. The molecule has 1 fully saturated rings. The third kappa shape index (κ3) is 2.62. The Labute approximate surface area is 120 Å². The maximum Gasteiger partial charge on any atom is 0.245 e. The fourth-order valence-corrected chi connectivity index (χ4v) is 4.67. The number of sulfonamides is 1. The minimum absolute atomic E-state index is 0.0569. The first-order valence-corrected chi connectivity index (χ1v) is 8.27. The molecule has 1 heterocycles. The average Bonchev–Trinajstić information content (AvgIpc) is 2.88. The van der Waals surface area contributed by atoms with Crippen LogP contribution in [-0.2, 0) is 10.0 Å². The van der Waals surface area contributed by atoms with Gasteiger partial charge in [-0.1, -0.05) is 13.8 Å². The topological polar surface area (TPSA) is 72.6 Å². The molecule has 0 aliphatic carbocycles. The molecule has 1 atom stereocenters. The summed E-state index contributed by atoms with van der Waals surface area (Å²) in [6, 6.07) is 4.76. The van der Waals surface area contributed by atoms with Crippen LogP contribution in [0.15, 0.2) is 23.1 Å². The molecule has 0 aromatic heterocycles. The SMILES string of the molecule is COc1ccc(S(=O)(=O)N2CCCC2C(C)C)c(N)c1. The van der Waals surface area contributed by atoms with Crippen molar-refractivity contribution in [3.63, 3.8) is 0 Å². The highest BCUT2D eigenvalue weighted by Gasteiger charge is 2.37. The van der Waals surface area contributed by atoms with E-state index in [1.807, 2.05) is 0 Å². The van der Waals surface area contributed by atoms with Crippen molar-refractivity contribution in [2.24, 2.45) is 5.92 Å². The lowest BCUT2D eigenvalue weighted by atomic mass is 10.0. The van der Waals surface area contributed by atoms with Crippen LogP contribution in [0.4, 0.5) is 5.69 Å². The minimum atomic E-state index is -3.54. The quantitative estimate of drug-likeness (QED) is 0.864. The molecule has 6 heteroatoms. The molecule has 112 valence electrons. The van der Waals surface area contributed by atoms with Gasteiger partial charge in [-0.15, -0.1) is 0 Å². The van der Waals surface area contributed by atoms with Crippen LogP contribution in [-0.4, -0.2) is 32.4 Å². The third-order valence-electron chi connectivity index (χ3n) is 3.82. The summed E-state index contributed by atoms with van der Waals surface area (Å²) in [5.74, 6) is 0.857. The first-order chi connectivity index (χ1) is 9.37. The highest BCUT2D eigenvalue weighted by molar-refractivity contribution is 7.89. The van der Waals surface area contributed by atoms with Crippen LogP contribution in [0.25, 0.3) is 0 Å². The normalized spacial score (nSPS) is 20.5. The Hall–Kier alpha value is -1.27. The molecule has 1 unspecified atom stereocenters. The van der Waals surface area contributed by atoms with Crippen molar-refractivity contribution in [1.82, 2.24) is 4.31 Å². The van der Waals surface area contributed by atoms with Crippen LogP contribution in [0, 0.1) is 5.92 Å². The Bertz CT molecular complexity index is 584. The molecule has 2 N–H and O–H groups in total. The molecule has 1 saturated heterocycles. The van der Waals surface area contributed by atoms with Crippen molar-refractivity contribution in [2.75, 3.05) is 19.4 Å². The molecule has 1 aliphatic heterocycles. The van der Waals surface area contributed by atoms with E-state index in [1.165, 1.54) is 13.2 Å². The largest absolute Gasteiger partial charge is 0.497 e. The molecular weight excluding hydrogens is 276 g/mol. The summed E-state index contributed by atoms with van der Waals surface area (Å²) >= 11 is 0. The molecule has 2 rings (SSSR count). The monoisotopic (exact) mass is 298 g/mol. The molecular formula is C14H22N2O3S. The fourth-order valence-electron chi connectivity index (χ4n) is 2.75. The van der Waals surface area contributed by atoms with E-state index in [2.05, 4.69) is 13.8 Å². The molecule has 1 aromatic rings. The van der Waals surface area contributed by atoms with Gasteiger partial charge in [0.2, 0.25) is 10.0 Å². The highest BCUT2D eigenvalue weighted by atomic mass is 32.2. The van der Waals surface area contributed by atoms with Crippen LogP contribution in [0.1, 0.15) is 26.7 Å². The zero-order valence-electron chi connectivity index (χ0n) is 12.2. The highest BCUT2D eigenvalue weighted by Crippen LogP contribution is 2.33. The second-order valence-electron chi connectivity index (χ2n) is 5.47. The van der Waals surface area contributed by atoms with E-state index in [4.69, 9.17) is 10.5 Å². The fraction of sp³-hybridized carbons (Fsp3) is 0.571. The molecule has 0 amide bonds. The summed E-state index contributed by atoms with van der Waals surface area (Å²) in [6.07, 6.45) is 1.81. The number of ether oxygens (including phenoxy) is 1. The van der Waals surface area contributed by atoms with Crippen LogP contribution in [0.5, 0.6) is 5.75 Å². The number of nitrogens with two attached hydrogens (primary N) is 1. The molecule has 1 aromatic carbocycles. The summed E-state index contributed by atoms with van der Waals surface area (Å²) in [5, 5.41) is 0. The maximum atomic E-state index is 12.8. The number of methoxy groups -OCH3 is 1. The van der Waals surface area contributed by atoms with Gasteiger partial charge in [0.25, 0.3) is 0 Å². The number of hydrogen-bond acceptors (Lipinski definition) is 4. The van der Waals surface area contributed by atoms with E-state index in [0.717, 1.165) is 12.8 Å². The van der Waals surface area contributed by atoms with Crippen molar-refractivity contribution < 1.29 is 13.2 Å². The van der Waals surface area contributed by atoms with Crippen molar-refractivity contribution in [3.8, 4) is 5.75 Å². The van der Waals surface area contributed by atoms with Gasteiger partial charge in [0, 0.05) is 18.7 Å². The molecule has 20 heavy (non-hydrogen) atoms. The number of anilines is 1. The lowest BCUT2D eigenvalue weighted by molar-refractivity contribution is 0.316. The molecule has 1 aliphatic rings. The van der Waals surface area contributed by atoms with E-state index >= 15 is 0 Å². The summed E-state index contributed by atoms with van der Waals surface area (Å²) in [7, 11) is -2.01. The van der Waals surface area contributed by atoms with Crippen molar-refractivity contribution in [1.29, 1.82) is 0 Å². The van der Waals surface area contributed by atoms with Gasteiger partial charge >= 0.3 is 0 Å². The first kappa shape index (κ1) is 15.1. The summed E-state index contributed by atoms with van der Waals surface area (Å²) in [4.78, 5) is 0.172. The summed E-state index contributed by atoms with van der Waals surface area (Å²) in [5.41, 5.74) is 6.12.